The lowest BCUT2D eigenvalue weighted by atomic mass is 10.1. The van der Waals surface area contributed by atoms with Gasteiger partial charge in [-0.2, -0.15) is 13.5 Å². The van der Waals surface area contributed by atoms with Gasteiger partial charge in [-0.25, -0.2) is 8.42 Å². The molecule has 1 aliphatic carbocycles. The van der Waals surface area contributed by atoms with E-state index in [-0.39, 0.29) is 9.90 Å². The molecule has 1 aromatic carbocycles. The summed E-state index contributed by atoms with van der Waals surface area (Å²) in [5.41, 5.74) is -0.879. The molecule has 0 unspecified atom stereocenters. The van der Waals surface area contributed by atoms with E-state index < -0.39 is 45.1 Å². The van der Waals surface area contributed by atoms with Crippen LogP contribution >= 0.6 is 11.3 Å². The Morgan fingerprint density at radius 3 is 2.52 bits per heavy atom. The predicted molar refractivity (Wildman–Crippen MR) is 108 cm³/mol. The minimum Gasteiger partial charge on any atom is -0.480 e. The quantitative estimate of drug-likeness (QED) is 0.541. The first-order valence-electron chi connectivity index (χ1n) is 9.24. The third-order valence-corrected chi connectivity index (χ3v) is 8.54. The number of aromatic nitrogens is 1. The Kier molecular flexibility index (Phi) is 5.02. The largest absolute Gasteiger partial charge is 0.480 e. The van der Waals surface area contributed by atoms with E-state index in [1.165, 1.54) is 12.1 Å². The SMILES string of the molecule is C[C@@H]1[C@@H](c2ccccc2)[C@@]1(NS(=O)(=O)c1ccc(-c2cc(C(C)(F)F)on2)s1)C(=O)O. The molecule has 0 spiro atoms. The molecule has 3 aromatic rings. The van der Waals surface area contributed by atoms with Crippen molar-refractivity contribution in [1.29, 1.82) is 0 Å². The molecule has 4 rings (SSSR count). The Morgan fingerprint density at radius 2 is 1.94 bits per heavy atom. The molecule has 11 heteroatoms. The van der Waals surface area contributed by atoms with Crippen molar-refractivity contribution in [2.45, 2.75) is 35.4 Å². The maximum atomic E-state index is 13.4. The van der Waals surface area contributed by atoms with Gasteiger partial charge in [0.2, 0.25) is 5.76 Å². The summed E-state index contributed by atoms with van der Waals surface area (Å²) in [5.74, 6) is -6.11. The summed E-state index contributed by atoms with van der Waals surface area (Å²) >= 11 is 0.785. The van der Waals surface area contributed by atoms with E-state index in [0.29, 0.717) is 11.8 Å². The van der Waals surface area contributed by atoms with Crippen LogP contribution in [0, 0.1) is 5.92 Å². The molecule has 2 aromatic heterocycles. The summed E-state index contributed by atoms with van der Waals surface area (Å²) in [6.07, 6.45) is 0. The molecule has 2 heterocycles. The zero-order valence-corrected chi connectivity index (χ0v) is 18.0. The molecule has 1 aliphatic rings. The number of sulfonamides is 1. The van der Waals surface area contributed by atoms with Crippen LogP contribution in [0.1, 0.15) is 31.1 Å². The fourth-order valence-corrected chi connectivity index (χ4v) is 6.49. The Labute approximate surface area is 180 Å². The van der Waals surface area contributed by atoms with Crippen LogP contribution in [0.5, 0.6) is 0 Å². The molecule has 1 fully saturated rings. The standard InChI is InChI=1S/C20H18F2N2O5S2/c1-11-17(12-6-4-3-5-7-12)20(11,18(25)26)24-31(27,28)16-9-8-14(30-16)13-10-15(29-23-13)19(2,21)22/h3-11,17,24H,1-2H3,(H,25,26)/t11-,17+,20-/m1/s1. The molecule has 164 valence electrons. The number of aliphatic carboxylic acids is 1. The maximum absolute atomic E-state index is 13.4. The number of hydrogen-bond acceptors (Lipinski definition) is 6. The zero-order valence-electron chi connectivity index (χ0n) is 16.4. The fraction of sp³-hybridized carbons (Fsp3) is 0.300. The van der Waals surface area contributed by atoms with E-state index in [0.717, 1.165) is 23.0 Å². The number of carboxylic acids is 1. The van der Waals surface area contributed by atoms with Crippen LogP contribution in [0.25, 0.3) is 10.6 Å². The highest BCUT2D eigenvalue weighted by molar-refractivity contribution is 7.91. The molecular weight excluding hydrogens is 450 g/mol. The van der Waals surface area contributed by atoms with Gasteiger partial charge in [0.25, 0.3) is 10.0 Å². The monoisotopic (exact) mass is 468 g/mol. The molecule has 0 radical (unpaired) electrons. The summed E-state index contributed by atoms with van der Waals surface area (Å²) < 4.78 is 59.6. The average Bonchev–Trinajstić information content (AvgIpc) is 3.13. The smallest absolute Gasteiger partial charge is 0.325 e. The van der Waals surface area contributed by atoms with Gasteiger partial charge < -0.3 is 9.63 Å². The average molecular weight is 469 g/mol. The number of thiophene rings is 1. The van der Waals surface area contributed by atoms with Crippen molar-refractivity contribution in [3.63, 3.8) is 0 Å². The van der Waals surface area contributed by atoms with Gasteiger partial charge in [0, 0.05) is 18.9 Å². The number of halogens is 2. The number of alkyl halides is 2. The highest BCUT2D eigenvalue weighted by Crippen LogP contribution is 2.58. The van der Waals surface area contributed by atoms with Crippen molar-refractivity contribution in [3.05, 3.63) is 59.9 Å². The molecule has 2 N–H and O–H groups in total. The van der Waals surface area contributed by atoms with Crippen molar-refractivity contribution in [3.8, 4) is 10.6 Å². The number of benzene rings is 1. The van der Waals surface area contributed by atoms with Crippen LogP contribution in [0.15, 0.2) is 57.3 Å². The van der Waals surface area contributed by atoms with Crippen LogP contribution in [0.3, 0.4) is 0 Å². The van der Waals surface area contributed by atoms with Crippen molar-refractivity contribution in [2.75, 3.05) is 0 Å². The predicted octanol–water partition coefficient (Wildman–Crippen LogP) is 4.05. The Morgan fingerprint density at radius 1 is 1.26 bits per heavy atom. The third kappa shape index (κ3) is 3.66. The molecule has 0 bridgehead atoms. The lowest BCUT2D eigenvalue weighted by molar-refractivity contribution is -0.140. The van der Waals surface area contributed by atoms with Gasteiger partial charge in [0.1, 0.15) is 15.4 Å². The van der Waals surface area contributed by atoms with Crippen molar-refractivity contribution < 1.29 is 31.6 Å². The van der Waals surface area contributed by atoms with Crippen LogP contribution < -0.4 is 4.72 Å². The first-order valence-corrected chi connectivity index (χ1v) is 11.5. The Balaban J connectivity index is 1.62. The van der Waals surface area contributed by atoms with E-state index in [1.54, 1.807) is 37.3 Å². The summed E-state index contributed by atoms with van der Waals surface area (Å²) in [7, 11) is -4.20. The highest BCUT2D eigenvalue weighted by Gasteiger charge is 2.70. The van der Waals surface area contributed by atoms with E-state index in [4.69, 9.17) is 0 Å². The first kappa shape index (κ1) is 21.6. The second-order valence-corrected chi connectivity index (χ2v) is 10.5. The van der Waals surface area contributed by atoms with Gasteiger partial charge in [-0.05, 0) is 23.6 Å². The second kappa shape index (κ2) is 7.21. The zero-order chi connectivity index (χ0) is 22.6. The van der Waals surface area contributed by atoms with Gasteiger partial charge in [-0.1, -0.05) is 42.4 Å². The Bertz CT molecular complexity index is 1230. The maximum Gasteiger partial charge on any atom is 0.325 e. The molecule has 3 atom stereocenters. The molecule has 31 heavy (non-hydrogen) atoms. The number of nitrogens with zero attached hydrogens (tertiary/aromatic N) is 1. The lowest BCUT2D eigenvalue weighted by Crippen LogP contribution is -2.45. The fourth-order valence-electron chi connectivity index (χ4n) is 3.77. The normalized spacial score (nSPS) is 23.6. The number of rotatable bonds is 7. The Hall–Kier alpha value is -2.63. The van der Waals surface area contributed by atoms with E-state index in [9.17, 15) is 27.1 Å². The van der Waals surface area contributed by atoms with Gasteiger partial charge in [0.05, 0.1) is 4.88 Å². The van der Waals surface area contributed by atoms with Crippen LogP contribution in [-0.4, -0.2) is 30.2 Å². The second-order valence-electron chi connectivity index (χ2n) is 7.54. The lowest BCUT2D eigenvalue weighted by Gasteiger charge is -2.15. The summed E-state index contributed by atoms with van der Waals surface area (Å²) in [4.78, 5) is 12.4. The van der Waals surface area contributed by atoms with Crippen LogP contribution in [0.2, 0.25) is 0 Å². The van der Waals surface area contributed by atoms with Gasteiger partial charge in [-0.15, -0.1) is 11.3 Å². The van der Waals surface area contributed by atoms with Crippen LogP contribution in [0.4, 0.5) is 8.78 Å². The number of carbonyl (C=O) groups is 1. The van der Waals surface area contributed by atoms with Gasteiger partial charge in [0.15, 0.2) is 0 Å². The van der Waals surface area contributed by atoms with Gasteiger partial charge >= 0.3 is 11.9 Å². The molecule has 1 saturated carbocycles. The topological polar surface area (TPSA) is 110 Å². The van der Waals surface area contributed by atoms with Crippen molar-refractivity contribution in [1.82, 2.24) is 9.88 Å². The summed E-state index contributed by atoms with van der Waals surface area (Å²) in [6.45, 7) is 2.34. The van der Waals surface area contributed by atoms with Crippen molar-refractivity contribution in [2.24, 2.45) is 5.92 Å². The number of nitrogens with one attached hydrogen (secondary N) is 1. The van der Waals surface area contributed by atoms with E-state index in [1.807, 2.05) is 0 Å². The van der Waals surface area contributed by atoms with Gasteiger partial charge in [-0.3, -0.25) is 4.79 Å². The van der Waals surface area contributed by atoms with Crippen LogP contribution in [-0.2, 0) is 20.7 Å². The van der Waals surface area contributed by atoms with Crippen molar-refractivity contribution >= 4 is 27.3 Å². The summed E-state index contributed by atoms with van der Waals surface area (Å²) in [5, 5.41) is 13.4. The van der Waals surface area contributed by atoms with E-state index in [2.05, 4.69) is 14.4 Å². The third-order valence-electron chi connectivity index (χ3n) is 5.46. The summed E-state index contributed by atoms with van der Waals surface area (Å²) in [6, 6.07) is 12.6. The minimum absolute atomic E-state index is 0.0675. The minimum atomic E-state index is -4.20. The number of hydrogen-bond donors (Lipinski definition) is 2. The number of carboxylic acid groups (broad SMARTS) is 1. The molecule has 7 nitrogen and oxygen atoms in total. The molecular formula is C20H18F2N2O5S2. The molecule has 0 aliphatic heterocycles. The highest BCUT2D eigenvalue weighted by atomic mass is 32.2. The molecule has 0 saturated heterocycles. The molecule has 0 amide bonds. The first-order chi connectivity index (χ1) is 14.5. The van der Waals surface area contributed by atoms with E-state index >= 15 is 0 Å².